The van der Waals surface area contributed by atoms with E-state index in [0.29, 0.717) is 32.8 Å². The van der Waals surface area contributed by atoms with Crippen LogP contribution in [0.15, 0.2) is 17.5 Å². The van der Waals surface area contributed by atoms with Crippen molar-refractivity contribution < 1.29 is 14.3 Å². The van der Waals surface area contributed by atoms with Crippen LogP contribution in [0.5, 0.6) is 0 Å². The number of rotatable bonds is 4. The number of likely N-dealkylation sites (N-methyl/N-ethyl adjacent to an activating group) is 1. The largest absolute Gasteiger partial charge is 0.346 e. The van der Waals surface area contributed by atoms with E-state index in [0.717, 1.165) is 6.42 Å². The zero-order chi connectivity index (χ0) is 15.6. The van der Waals surface area contributed by atoms with Gasteiger partial charge in [0.2, 0.25) is 0 Å². The topological polar surface area (TPSA) is 54.0 Å². The highest BCUT2D eigenvalue weighted by Gasteiger charge is 2.44. The van der Waals surface area contributed by atoms with E-state index in [-0.39, 0.29) is 12.1 Å². The Morgan fingerprint density at radius 2 is 2.27 bits per heavy atom. The summed E-state index contributed by atoms with van der Waals surface area (Å²) in [5.74, 6) is -0.550. The van der Waals surface area contributed by atoms with Crippen molar-refractivity contribution in [1.82, 2.24) is 15.1 Å². The molecule has 1 N–H and O–H groups in total. The lowest BCUT2D eigenvalue weighted by atomic mass is 10.2. The van der Waals surface area contributed by atoms with Crippen LogP contribution in [-0.4, -0.2) is 68.6 Å². The molecule has 2 amide bonds. The summed E-state index contributed by atoms with van der Waals surface area (Å²) < 4.78 is 11.3. The zero-order valence-electron chi connectivity index (χ0n) is 13.1. The monoisotopic (exact) mass is 325 g/mol. The highest BCUT2D eigenvalue weighted by Crippen LogP contribution is 2.30. The minimum atomic E-state index is -0.550. The second-order valence-electron chi connectivity index (χ2n) is 5.96. The minimum Gasteiger partial charge on any atom is -0.346 e. The number of carbonyl (C=O) groups excluding carboxylic acids is 1. The van der Waals surface area contributed by atoms with Gasteiger partial charge in [0, 0.05) is 24.4 Å². The Hall–Kier alpha value is -1.15. The predicted octanol–water partition coefficient (Wildman–Crippen LogP) is 1.51. The third-order valence-corrected chi connectivity index (χ3v) is 5.21. The fourth-order valence-electron chi connectivity index (χ4n) is 2.97. The van der Waals surface area contributed by atoms with Gasteiger partial charge in [0.15, 0.2) is 5.79 Å². The molecule has 0 aliphatic carbocycles. The van der Waals surface area contributed by atoms with Crippen molar-refractivity contribution in [3.63, 3.8) is 0 Å². The third kappa shape index (κ3) is 3.27. The molecule has 2 saturated heterocycles. The fraction of sp³-hybridized carbons (Fsp3) is 0.667. The summed E-state index contributed by atoms with van der Waals surface area (Å²) in [7, 11) is 4.06. The van der Waals surface area contributed by atoms with Gasteiger partial charge in [0.1, 0.15) is 0 Å². The molecule has 1 aromatic rings. The number of nitrogens with one attached hydrogen (secondary N) is 1. The van der Waals surface area contributed by atoms with Crippen LogP contribution in [-0.2, 0) is 9.47 Å². The first kappa shape index (κ1) is 15.7. The van der Waals surface area contributed by atoms with Crippen LogP contribution in [0.4, 0.5) is 4.79 Å². The molecule has 1 spiro atoms. The van der Waals surface area contributed by atoms with Gasteiger partial charge in [0.25, 0.3) is 0 Å². The number of carbonyl (C=O) groups is 1. The van der Waals surface area contributed by atoms with Gasteiger partial charge in [-0.25, -0.2) is 4.79 Å². The Balaban J connectivity index is 1.53. The molecule has 0 aromatic carbocycles. The molecule has 7 heteroatoms. The van der Waals surface area contributed by atoms with Crippen LogP contribution in [0.25, 0.3) is 0 Å². The molecule has 2 aliphatic heterocycles. The molecule has 2 aliphatic rings. The molecule has 0 bridgehead atoms. The lowest BCUT2D eigenvalue weighted by molar-refractivity contribution is -0.143. The molecule has 3 rings (SSSR count). The molecule has 0 radical (unpaired) electrons. The van der Waals surface area contributed by atoms with Crippen LogP contribution in [0.1, 0.15) is 17.3 Å². The number of thiophene rings is 1. The number of ether oxygens (including phenoxy) is 2. The van der Waals surface area contributed by atoms with Gasteiger partial charge in [-0.2, -0.15) is 0 Å². The average molecular weight is 325 g/mol. The fourth-order valence-corrected chi connectivity index (χ4v) is 3.90. The molecule has 0 saturated carbocycles. The van der Waals surface area contributed by atoms with Gasteiger partial charge in [-0.3, -0.25) is 0 Å². The molecule has 3 heterocycles. The number of nitrogens with zero attached hydrogens (tertiary/aromatic N) is 2. The van der Waals surface area contributed by atoms with E-state index in [1.807, 2.05) is 20.2 Å². The van der Waals surface area contributed by atoms with E-state index in [1.165, 1.54) is 4.88 Å². The van der Waals surface area contributed by atoms with Gasteiger partial charge in [-0.05, 0) is 25.5 Å². The molecular weight excluding hydrogens is 302 g/mol. The predicted molar refractivity (Wildman–Crippen MR) is 85.0 cm³/mol. The Kier molecular flexibility index (Phi) is 4.67. The Labute approximate surface area is 135 Å². The van der Waals surface area contributed by atoms with E-state index in [4.69, 9.17) is 9.47 Å². The van der Waals surface area contributed by atoms with E-state index < -0.39 is 5.79 Å². The average Bonchev–Trinajstić information content (AvgIpc) is 3.23. The van der Waals surface area contributed by atoms with Gasteiger partial charge in [-0.1, -0.05) is 6.07 Å². The maximum Gasteiger partial charge on any atom is 0.317 e. The van der Waals surface area contributed by atoms with Crippen LogP contribution >= 0.6 is 11.3 Å². The second-order valence-corrected chi connectivity index (χ2v) is 6.94. The van der Waals surface area contributed by atoms with Crippen molar-refractivity contribution >= 4 is 17.4 Å². The Morgan fingerprint density at radius 1 is 1.50 bits per heavy atom. The van der Waals surface area contributed by atoms with Crippen LogP contribution in [0.3, 0.4) is 0 Å². The lowest BCUT2D eigenvalue weighted by Gasteiger charge is -2.26. The smallest absolute Gasteiger partial charge is 0.317 e. The van der Waals surface area contributed by atoms with E-state index >= 15 is 0 Å². The molecule has 2 fully saturated rings. The zero-order valence-corrected chi connectivity index (χ0v) is 13.9. The summed E-state index contributed by atoms with van der Waals surface area (Å²) in [4.78, 5) is 17.5. The summed E-state index contributed by atoms with van der Waals surface area (Å²) in [5, 5.41) is 5.10. The highest BCUT2D eigenvalue weighted by molar-refractivity contribution is 7.10. The van der Waals surface area contributed by atoms with Crippen molar-refractivity contribution in [2.45, 2.75) is 18.2 Å². The van der Waals surface area contributed by atoms with Crippen molar-refractivity contribution in [3.8, 4) is 0 Å². The molecule has 0 unspecified atom stereocenters. The van der Waals surface area contributed by atoms with Crippen molar-refractivity contribution in [1.29, 1.82) is 0 Å². The van der Waals surface area contributed by atoms with Crippen molar-refractivity contribution in [3.05, 3.63) is 22.4 Å². The first-order valence-electron chi connectivity index (χ1n) is 7.60. The van der Waals surface area contributed by atoms with Gasteiger partial charge in [-0.15, -0.1) is 11.3 Å². The van der Waals surface area contributed by atoms with Crippen molar-refractivity contribution in [2.75, 3.05) is 46.9 Å². The van der Waals surface area contributed by atoms with Crippen LogP contribution in [0.2, 0.25) is 0 Å². The van der Waals surface area contributed by atoms with Gasteiger partial charge < -0.3 is 24.6 Å². The molecule has 6 nitrogen and oxygen atoms in total. The lowest BCUT2D eigenvalue weighted by Crippen LogP contribution is -2.44. The number of likely N-dealkylation sites (tertiary alicyclic amines) is 1. The molecular formula is C15H23N3O3S. The number of amides is 2. The Bertz CT molecular complexity index is 500. The molecule has 1 atom stereocenters. The molecule has 22 heavy (non-hydrogen) atoms. The van der Waals surface area contributed by atoms with Gasteiger partial charge in [0.05, 0.1) is 25.8 Å². The minimum absolute atomic E-state index is 0.0422. The standard InChI is InChI=1S/C15H23N3O3S/c1-17(2)12(13-4-3-9-22-13)10-16-14(19)18-6-5-15(11-18)20-7-8-21-15/h3-4,9,12H,5-8,10-11H2,1-2H3,(H,16,19)/t12-/m1/s1. The van der Waals surface area contributed by atoms with E-state index in [9.17, 15) is 4.79 Å². The third-order valence-electron chi connectivity index (χ3n) is 4.24. The maximum atomic E-state index is 12.4. The summed E-state index contributed by atoms with van der Waals surface area (Å²) in [6.07, 6.45) is 0.752. The first-order valence-corrected chi connectivity index (χ1v) is 8.48. The van der Waals surface area contributed by atoms with E-state index in [2.05, 4.69) is 21.7 Å². The maximum absolute atomic E-state index is 12.4. The summed E-state index contributed by atoms with van der Waals surface area (Å²) in [6, 6.07) is 4.29. The molecule has 122 valence electrons. The normalized spacial score (nSPS) is 21.7. The molecule has 1 aromatic heterocycles. The quantitative estimate of drug-likeness (QED) is 0.912. The first-order chi connectivity index (χ1) is 10.6. The van der Waals surface area contributed by atoms with Gasteiger partial charge >= 0.3 is 6.03 Å². The summed E-state index contributed by atoms with van der Waals surface area (Å²) in [6.45, 7) is 3.03. The number of hydrogen-bond acceptors (Lipinski definition) is 5. The van der Waals surface area contributed by atoms with Crippen LogP contribution < -0.4 is 5.32 Å². The summed E-state index contributed by atoms with van der Waals surface area (Å²) >= 11 is 1.71. The number of hydrogen-bond donors (Lipinski definition) is 1. The Morgan fingerprint density at radius 3 is 2.91 bits per heavy atom. The second kappa shape index (κ2) is 6.54. The van der Waals surface area contributed by atoms with E-state index in [1.54, 1.807) is 16.2 Å². The SMILES string of the molecule is CN(C)[C@H](CNC(=O)N1CCC2(C1)OCCO2)c1cccs1. The number of urea groups is 1. The highest BCUT2D eigenvalue weighted by atomic mass is 32.1. The van der Waals surface area contributed by atoms with Crippen molar-refractivity contribution in [2.24, 2.45) is 0 Å². The summed E-state index contributed by atoms with van der Waals surface area (Å²) in [5.41, 5.74) is 0. The van der Waals surface area contributed by atoms with Crippen LogP contribution in [0, 0.1) is 0 Å².